The normalized spacial score (nSPS) is 25.1. The fourth-order valence-electron chi connectivity index (χ4n) is 4.23. The summed E-state index contributed by atoms with van der Waals surface area (Å²) < 4.78 is 53.4. The first kappa shape index (κ1) is 29.8. The van der Waals surface area contributed by atoms with Crippen LogP contribution in [0.1, 0.15) is 39.7 Å². The first-order valence-corrected chi connectivity index (χ1v) is 14.3. The third-order valence-electron chi connectivity index (χ3n) is 6.17. The standard InChI is InChI=1S/C25H34FN6O7P/c1-14(2)37-23(34)15(3)31-40(35,39-17-10-8-7-9-11-17)36-12-18-20(33)25(5,26)24(38-18)32-13-28-19-21(27-6)29-16(4)30-22(19)32/h7-11,13-15,18,20,24,33H,12H2,1-6H3,(H,31,35)(H,27,29,30)/t15?,18-,20-,24-,25-,40?/m1/s1. The van der Waals surface area contributed by atoms with Crippen LogP contribution in [0.15, 0.2) is 36.7 Å². The number of hydrogen-bond donors (Lipinski definition) is 3. The smallest absolute Gasteiger partial charge is 0.459 e. The maximum absolute atomic E-state index is 16.0. The number of ether oxygens (including phenoxy) is 2. The Morgan fingerprint density at radius 3 is 2.62 bits per heavy atom. The zero-order chi connectivity index (χ0) is 29.2. The number of rotatable bonds is 11. The molecule has 1 aromatic carbocycles. The Hall–Kier alpha value is -3.16. The number of aliphatic hydroxyl groups is 1. The minimum atomic E-state index is -4.26. The van der Waals surface area contributed by atoms with E-state index in [4.69, 9.17) is 18.5 Å². The molecule has 3 N–H and O–H groups in total. The van der Waals surface area contributed by atoms with Gasteiger partial charge in [-0.05, 0) is 46.8 Å². The number of aromatic nitrogens is 4. The third kappa shape index (κ3) is 6.26. The lowest BCUT2D eigenvalue weighted by atomic mass is 9.98. The molecule has 4 rings (SSSR count). The highest BCUT2D eigenvalue weighted by atomic mass is 31.2. The summed E-state index contributed by atoms with van der Waals surface area (Å²) in [6.45, 7) is 7.13. The maximum Gasteiger partial charge on any atom is 0.459 e. The van der Waals surface area contributed by atoms with Crippen LogP contribution in [0.2, 0.25) is 0 Å². The van der Waals surface area contributed by atoms with Crippen molar-refractivity contribution >= 4 is 30.7 Å². The predicted molar refractivity (Wildman–Crippen MR) is 143 cm³/mol. The second kappa shape index (κ2) is 11.8. The molecule has 218 valence electrons. The zero-order valence-corrected chi connectivity index (χ0v) is 24.0. The van der Waals surface area contributed by atoms with Crippen LogP contribution < -0.4 is 14.9 Å². The van der Waals surface area contributed by atoms with E-state index in [0.29, 0.717) is 22.8 Å². The number of nitrogens with one attached hydrogen (secondary N) is 2. The van der Waals surface area contributed by atoms with E-state index in [2.05, 4.69) is 25.4 Å². The number of aryl methyl sites for hydroxylation is 1. The van der Waals surface area contributed by atoms with Gasteiger partial charge in [-0.15, -0.1) is 0 Å². The first-order valence-electron chi connectivity index (χ1n) is 12.7. The first-order chi connectivity index (χ1) is 18.8. The van der Waals surface area contributed by atoms with Crippen LogP contribution >= 0.6 is 7.75 Å². The lowest BCUT2D eigenvalue weighted by Crippen LogP contribution is -2.41. The average molecular weight is 581 g/mol. The number of imidazole rings is 1. The number of nitrogens with zero attached hydrogens (tertiary/aromatic N) is 4. The van der Waals surface area contributed by atoms with Crippen molar-refractivity contribution in [2.75, 3.05) is 19.0 Å². The largest absolute Gasteiger partial charge is 0.462 e. The van der Waals surface area contributed by atoms with E-state index in [0.717, 1.165) is 0 Å². The molecular weight excluding hydrogens is 546 g/mol. The van der Waals surface area contributed by atoms with Crippen molar-refractivity contribution in [3.05, 3.63) is 42.5 Å². The van der Waals surface area contributed by atoms with Crippen LogP contribution in [0.4, 0.5) is 10.2 Å². The molecule has 3 heterocycles. The van der Waals surface area contributed by atoms with Crippen LogP contribution in [0.3, 0.4) is 0 Å². The van der Waals surface area contributed by atoms with Crippen LogP contribution in [0, 0.1) is 6.92 Å². The quantitative estimate of drug-likeness (QED) is 0.225. The summed E-state index contributed by atoms with van der Waals surface area (Å²) in [6.07, 6.45) is -3.34. The molecule has 3 aromatic rings. The van der Waals surface area contributed by atoms with Gasteiger partial charge in [0.05, 0.1) is 19.0 Å². The van der Waals surface area contributed by atoms with Crippen LogP contribution in [-0.4, -0.2) is 74.3 Å². The molecule has 2 aromatic heterocycles. The summed E-state index contributed by atoms with van der Waals surface area (Å²) in [6, 6.07) is 7.10. The number of fused-ring (bicyclic) bond motifs is 1. The molecular formula is C25H34FN6O7P. The number of carbonyl (C=O) groups is 1. The van der Waals surface area contributed by atoms with Gasteiger partial charge >= 0.3 is 13.7 Å². The Morgan fingerprint density at radius 1 is 1.27 bits per heavy atom. The molecule has 0 saturated carbocycles. The summed E-state index contributed by atoms with van der Waals surface area (Å²) in [7, 11) is -2.59. The van der Waals surface area contributed by atoms with Crippen molar-refractivity contribution in [2.24, 2.45) is 0 Å². The monoisotopic (exact) mass is 580 g/mol. The molecule has 0 radical (unpaired) electrons. The number of para-hydroxylation sites is 1. The number of halogens is 1. The van der Waals surface area contributed by atoms with Gasteiger partial charge in [-0.3, -0.25) is 13.9 Å². The number of hydrogen-bond acceptors (Lipinski definition) is 11. The molecule has 0 aliphatic carbocycles. The molecule has 0 bridgehead atoms. The molecule has 15 heteroatoms. The van der Waals surface area contributed by atoms with Crippen LogP contribution in [0.25, 0.3) is 11.2 Å². The third-order valence-corrected chi connectivity index (χ3v) is 7.82. The molecule has 6 atom stereocenters. The van der Waals surface area contributed by atoms with Crippen molar-refractivity contribution in [2.45, 2.75) is 70.9 Å². The Bertz CT molecular complexity index is 1390. The Labute approximate surface area is 231 Å². The number of alkyl halides is 1. The minimum absolute atomic E-state index is 0.198. The van der Waals surface area contributed by atoms with Crippen molar-refractivity contribution < 1.29 is 37.4 Å². The maximum atomic E-state index is 16.0. The van der Waals surface area contributed by atoms with E-state index in [1.165, 1.54) is 24.7 Å². The highest BCUT2D eigenvalue weighted by Crippen LogP contribution is 2.48. The topological polar surface area (TPSA) is 159 Å². The van der Waals surface area contributed by atoms with E-state index < -0.39 is 56.6 Å². The van der Waals surface area contributed by atoms with Gasteiger partial charge in [-0.25, -0.2) is 23.9 Å². The van der Waals surface area contributed by atoms with E-state index in [9.17, 15) is 14.5 Å². The number of aliphatic hydroxyl groups excluding tert-OH is 1. The lowest BCUT2D eigenvalue weighted by Gasteiger charge is -2.25. The van der Waals surface area contributed by atoms with E-state index in [1.54, 1.807) is 58.2 Å². The molecule has 1 aliphatic rings. The van der Waals surface area contributed by atoms with E-state index in [-0.39, 0.29) is 5.75 Å². The number of benzene rings is 1. The fourth-order valence-corrected chi connectivity index (χ4v) is 5.73. The molecule has 1 saturated heterocycles. The second-order valence-corrected chi connectivity index (χ2v) is 11.5. The summed E-state index contributed by atoms with van der Waals surface area (Å²) in [4.78, 5) is 25.3. The molecule has 0 amide bonds. The second-order valence-electron chi connectivity index (χ2n) is 9.85. The molecule has 40 heavy (non-hydrogen) atoms. The van der Waals surface area contributed by atoms with Gasteiger partial charge < -0.3 is 24.4 Å². The lowest BCUT2D eigenvalue weighted by molar-refractivity contribution is -0.149. The highest BCUT2D eigenvalue weighted by molar-refractivity contribution is 7.52. The van der Waals surface area contributed by atoms with Gasteiger partial charge in [0, 0.05) is 7.05 Å². The molecule has 2 unspecified atom stereocenters. The van der Waals surface area contributed by atoms with Gasteiger partial charge in [-0.1, -0.05) is 18.2 Å². The van der Waals surface area contributed by atoms with E-state index >= 15 is 4.39 Å². The van der Waals surface area contributed by atoms with E-state index in [1.807, 2.05) is 0 Å². The van der Waals surface area contributed by atoms with Crippen molar-refractivity contribution in [1.82, 2.24) is 24.6 Å². The fraction of sp³-hybridized carbons (Fsp3) is 0.520. The minimum Gasteiger partial charge on any atom is -0.462 e. The number of anilines is 1. The number of carbonyl (C=O) groups excluding carboxylic acids is 1. The molecule has 0 spiro atoms. The van der Waals surface area contributed by atoms with Crippen molar-refractivity contribution in [1.29, 1.82) is 0 Å². The summed E-state index contributed by atoms with van der Waals surface area (Å²) in [5.74, 6) is 0.404. The predicted octanol–water partition coefficient (Wildman–Crippen LogP) is 3.30. The van der Waals surface area contributed by atoms with Gasteiger partial charge in [0.1, 0.15) is 29.8 Å². The summed E-state index contributed by atoms with van der Waals surface area (Å²) in [5.41, 5.74) is -1.61. The Morgan fingerprint density at radius 2 is 1.98 bits per heavy atom. The van der Waals surface area contributed by atoms with Crippen LogP contribution in [0.5, 0.6) is 5.75 Å². The Kier molecular flexibility index (Phi) is 8.76. The summed E-state index contributed by atoms with van der Waals surface area (Å²) in [5, 5.41) is 16.4. The zero-order valence-electron chi connectivity index (χ0n) is 23.1. The SMILES string of the molecule is CNc1nc(C)nc2c1ncn2[C@@H]1O[C@H](COP(=O)(NC(C)C(=O)OC(C)C)Oc2ccccc2)[C@@H](O)[C@@]1(C)F. The average Bonchev–Trinajstić information content (AvgIpc) is 3.40. The molecule has 1 aliphatic heterocycles. The van der Waals surface area contributed by atoms with Gasteiger partial charge in [0.25, 0.3) is 0 Å². The van der Waals surface area contributed by atoms with Gasteiger partial charge in [0.15, 0.2) is 28.9 Å². The van der Waals surface area contributed by atoms with Crippen molar-refractivity contribution in [3.8, 4) is 5.75 Å². The molecule has 13 nitrogen and oxygen atoms in total. The number of esters is 1. The molecule has 1 fully saturated rings. The van der Waals surface area contributed by atoms with Gasteiger partial charge in [-0.2, -0.15) is 5.09 Å². The van der Waals surface area contributed by atoms with Crippen molar-refractivity contribution in [3.63, 3.8) is 0 Å². The highest BCUT2D eigenvalue weighted by Gasteiger charge is 2.56. The Balaban J connectivity index is 1.56. The van der Waals surface area contributed by atoms with Gasteiger partial charge in [0.2, 0.25) is 0 Å². The summed E-state index contributed by atoms with van der Waals surface area (Å²) >= 11 is 0. The van der Waals surface area contributed by atoms with Crippen LogP contribution in [-0.2, 0) is 23.4 Å².